The minimum Gasteiger partial charge on any atom is -0.380 e. The lowest BCUT2D eigenvalue weighted by Crippen LogP contribution is -2.04. The number of rotatable bonds is 9. The lowest BCUT2D eigenvalue weighted by Gasteiger charge is -2.15. The van der Waals surface area contributed by atoms with Gasteiger partial charge in [-0.3, -0.25) is 15.5 Å². The van der Waals surface area contributed by atoms with Gasteiger partial charge in [0.15, 0.2) is 5.82 Å². The largest absolute Gasteiger partial charge is 0.380 e. The van der Waals surface area contributed by atoms with Gasteiger partial charge in [-0.15, -0.1) is 0 Å². The highest BCUT2D eigenvalue weighted by Gasteiger charge is 2.19. The highest BCUT2D eigenvalue weighted by atomic mass is 16.6. The molecule has 2 heterocycles. The number of pyridine rings is 1. The van der Waals surface area contributed by atoms with Crippen molar-refractivity contribution >= 4 is 17.7 Å². The fraction of sp³-hybridized carbons (Fsp3) is 0.0938. The fourth-order valence-corrected chi connectivity index (χ4v) is 4.71. The van der Waals surface area contributed by atoms with E-state index in [1.165, 1.54) is 12.1 Å². The van der Waals surface area contributed by atoms with Crippen LogP contribution >= 0.6 is 0 Å². The number of nitro groups is 1. The van der Waals surface area contributed by atoms with Gasteiger partial charge in [0, 0.05) is 41.8 Å². The summed E-state index contributed by atoms with van der Waals surface area (Å²) in [6.45, 7) is 2.13. The second kappa shape index (κ2) is 12.1. The van der Waals surface area contributed by atoms with E-state index in [2.05, 4.69) is 26.1 Å². The Balaban J connectivity index is 1.67. The number of nitrogens with zero attached hydrogens (tertiary/aromatic N) is 5. The van der Waals surface area contributed by atoms with Crippen molar-refractivity contribution in [3.05, 3.63) is 130 Å². The van der Waals surface area contributed by atoms with Crippen LogP contribution in [0.15, 0.2) is 102 Å². The summed E-state index contributed by atoms with van der Waals surface area (Å²) in [5, 5.41) is 25.6. The Labute approximate surface area is 237 Å². The van der Waals surface area contributed by atoms with Gasteiger partial charge in [0.2, 0.25) is 0 Å². The Morgan fingerprint density at radius 1 is 1.02 bits per heavy atom. The molecular formula is C32H26N6O3. The van der Waals surface area contributed by atoms with Gasteiger partial charge >= 0.3 is 0 Å². The molecule has 0 fully saturated rings. The van der Waals surface area contributed by atoms with Crippen molar-refractivity contribution < 1.29 is 9.66 Å². The molecule has 9 nitrogen and oxygen atoms in total. The summed E-state index contributed by atoms with van der Waals surface area (Å²) in [6, 6.07) is 32.3. The summed E-state index contributed by atoms with van der Waals surface area (Å²) < 4.78 is 7.32. The molecule has 0 aliphatic carbocycles. The zero-order valence-electron chi connectivity index (χ0n) is 22.5. The number of nitro benzene ring substituents is 1. The number of anilines is 1. The van der Waals surface area contributed by atoms with Crippen molar-refractivity contribution in [1.29, 1.82) is 5.26 Å². The number of benzene rings is 3. The first kappa shape index (κ1) is 27.0. The van der Waals surface area contributed by atoms with E-state index in [4.69, 9.17) is 4.74 Å². The summed E-state index contributed by atoms with van der Waals surface area (Å²) in [4.78, 5) is 15.4. The Hall–Kier alpha value is -5.59. The van der Waals surface area contributed by atoms with Crippen LogP contribution in [0.3, 0.4) is 0 Å². The first-order valence-corrected chi connectivity index (χ1v) is 12.8. The van der Waals surface area contributed by atoms with Crippen LogP contribution in [0.5, 0.6) is 0 Å². The SMILES string of the molecule is COCc1cc(C)nc(N/N=C/c2cc(-c3ccccc3)n(-c3ccc([N+](=O)[O-])cc3)c2-c2ccccc2)c1C#N. The molecule has 0 amide bonds. The molecule has 0 unspecified atom stereocenters. The number of hydrogen-bond acceptors (Lipinski definition) is 7. The van der Waals surface area contributed by atoms with Gasteiger partial charge in [-0.2, -0.15) is 10.4 Å². The van der Waals surface area contributed by atoms with E-state index in [1.807, 2.05) is 79.7 Å². The molecule has 1 N–H and O–H groups in total. The van der Waals surface area contributed by atoms with E-state index in [0.717, 1.165) is 45.0 Å². The smallest absolute Gasteiger partial charge is 0.269 e. The fourth-order valence-electron chi connectivity index (χ4n) is 4.71. The molecule has 41 heavy (non-hydrogen) atoms. The van der Waals surface area contributed by atoms with Crippen LogP contribution < -0.4 is 5.43 Å². The first-order valence-electron chi connectivity index (χ1n) is 12.8. The van der Waals surface area contributed by atoms with Crippen LogP contribution in [0, 0.1) is 28.4 Å². The number of ether oxygens (including phenoxy) is 1. The molecule has 0 aliphatic rings. The van der Waals surface area contributed by atoms with Crippen LogP contribution in [-0.2, 0) is 11.3 Å². The zero-order chi connectivity index (χ0) is 28.8. The third kappa shape index (κ3) is 5.73. The van der Waals surface area contributed by atoms with Gasteiger partial charge < -0.3 is 9.30 Å². The first-order chi connectivity index (χ1) is 20.0. The number of hydrazone groups is 1. The number of aryl methyl sites for hydroxylation is 1. The highest BCUT2D eigenvalue weighted by molar-refractivity contribution is 5.94. The van der Waals surface area contributed by atoms with Crippen LogP contribution in [0.2, 0.25) is 0 Å². The van der Waals surface area contributed by atoms with Gasteiger partial charge in [-0.05, 0) is 42.3 Å². The van der Waals surface area contributed by atoms with Gasteiger partial charge in [-0.1, -0.05) is 60.7 Å². The number of non-ortho nitro benzene ring substituents is 1. The third-order valence-corrected chi connectivity index (χ3v) is 6.48. The van der Waals surface area contributed by atoms with Crippen LogP contribution in [0.25, 0.3) is 28.2 Å². The summed E-state index contributed by atoms with van der Waals surface area (Å²) >= 11 is 0. The van der Waals surface area contributed by atoms with Crippen LogP contribution in [0.1, 0.15) is 22.4 Å². The lowest BCUT2D eigenvalue weighted by atomic mass is 10.1. The molecule has 2 aromatic heterocycles. The molecule has 202 valence electrons. The molecule has 0 bridgehead atoms. The third-order valence-electron chi connectivity index (χ3n) is 6.48. The van der Waals surface area contributed by atoms with Crippen molar-refractivity contribution in [2.45, 2.75) is 13.5 Å². The van der Waals surface area contributed by atoms with Crippen molar-refractivity contribution in [1.82, 2.24) is 9.55 Å². The Bertz CT molecular complexity index is 1760. The summed E-state index contributed by atoms with van der Waals surface area (Å²) in [5.74, 6) is 0.343. The second-order valence-electron chi connectivity index (χ2n) is 9.24. The molecule has 0 saturated carbocycles. The maximum absolute atomic E-state index is 11.3. The average Bonchev–Trinajstić information content (AvgIpc) is 3.37. The summed E-state index contributed by atoms with van der Waals surface area (Å²) in [5.41, 5.74) is 9.98. The van der Waals surface area contributed by atoms with E-state index < -0.39 is 4.92 Å². The predicted molar refractivity (Wildman–Crippen MR) is 159 cm³/mol. The Kier molecular flexibility index (Phi) is 7.95. The van der Waals surface area contributed by atoms with E-state index in [9.17, 15) is 15.4 Å². The molecule has 0 atom stereocenters. The number of hydrogen-bond donors (Lipinski definition) is 1. The molecule has 5 rings (SSSR count). The minimum atomic E-state index is -0.410. The maximum Gasteiger partial charge on any atom is 0.269 e. The van der Waals surface area contributed by atoms with E-state index in [1.54, 1.807) is 25.5 Å². The summed E-state index contributed by atoms with van der Waals surface area (Å²) in [7, 11) is 1.58. The molecule has 9 heteroatoms. The zero-order valence-corrected chi connectivity index (χ0v) is 22.5. The standard InChI is InChI=1S/C32H26N6O3/c1-22-17-26(21-41-2)29(19-33)32(35-22)36-34-20-25-18-30(23-9-5-3-6-10-23)37(31(25)24-11-7-4-8-12-24)27-13-15-28(16-14-27)38(39)40/h3-18,20H,21H2,1-2H3,(H,35,36)/b34-20+. The van der Waals surface area contributed by atoms with Gasteiger partial charge in [0.1, 0.15) is 11.6 Å². The van der Waals surface area contributed by atoms with Gasteiger partial charge in [0.05, 0.1) is 29.1 Å². The topological polar surface area (TPSA) is 118 Å². The quantitative estimate of drug-likeness (QED) is 0.123. The van der Waals surface area contributed by atoms with Crippen molar-refractivity contribution in [3.8, 4) is 34.3 Å². The van der Waals surface area contributed by atoms with E-state index >= 15 is 0 Å². The monoisotopic (exact) mass is 542 g/mol. The molecular weight excluding hydrogens is 516 g/mol. The van der Waals surface area contributed by atoms with Crippen LogP contribution in [-0.4, -0.2) is 27.8 Å². The molecule has 0 radical (unpaired) electrons. The predicted octanol–water partition coefficient (Wildman–Crippen LogP) is 6.89. The minimum absolute atomic E-state index is 0.0150. The molecule has 0 spiro atoms. The van der Waals surface area contributed by atoms with Crippen molar-refractivity contribution in [3.63, 3.8) is 0 Å². The second-order valence-corrected chi connectivity index (χ2v) is 9.24. The van der Waals surface area contributed by atoms with E-state index in [0.29, 0.717) is 11.4 Å². The molecule has 5 aromatic rings. The van der Waals surface area contributed by atoms with Crippen molar-refractivity contribution in [2.24, 2.45) is 5.10 Å². The number of aromatic nitrogens is 2. The molecule has 3 aromatic carbocycles. The highest BCUT2D eigenvalue weighted by Crippen LogP contribution is 2.36. The van der Waals surface area contributed by atoms with E-state index in [-0.39, 0.29) is 12.3 Å². The molecule has 0 aliphatic heterocycles. The Morgan fingerprint density at radius 2 is 1.68 bits per heavy atom. The van der Waals surface area contributed by atoms with Gasteiger partial charge in [-0.25, -0.2) is 4.98 Å². The number of nitrogens with one attached hydrogen (secondary N) is 1. The molecule has 0 saturated heterocycles. The van der Waals surface area contributed by atoms with Crippen LogP contribution in [0.4, 0.5) is 11.5 Å². The van der Waals surface area contributed by atoms with Crippen molar-refractivity contribution in [2.75, 3.05) is 12.5 Å². The normalized spacial score (nSPS) is 11.0. The Morgan fingerprint density at radius 3 is 2.29 bits per heavy atom. The number of nitriles is 1. The average molecular weight is 543 g/mol. The lowest BCUT2D eigenvalue weighted by molar-refractivity contribution is -0.384. The summed E-state index contributed by atoms with van der Waals surface area (Å²) in [6.07, 6.45) is 1.69. The maximum atomic E-state index is 11.3. The number of methoxy groups -OCH3 is 1. The van der Waals surface area contributed by atoms with Gasteiger partial charge in [0.25, 0.3) is 5.69 Å².